The van der Waals surface area contributed by atoms with Gasteiger partial charge in [-0.2, -0.15) is 0 Å². The zero-order chi connectivity index (χ0) is 11.0. The summed E-state index contributed by atoms with van der Waals surface area (Å²) in [6, 6.07) is 0. The molecule has 14 heavy (non-hydrogen) atoms. The van der Waals surface area contributed by atoms with Crippen LogP contribution in [-0.2, 0) is 9.53 Å². The van der Waals surface area contributed by atoms with E-state index in [4.69, 9.17) is 4.74 Å². The quantitative estimate of drug-likeness (QED) is 0.510. The molecule has 0 amide bonds. The molecule has 1 rings (SSSR count). The van der Waals surface area contributed by atoms with Gasteiger partial charge in [0.25, 0.3) is 0 Å². The third-order valence-electron chi connectivity index (χ3n) is 2.17. The van der Waals surface area contributed by atoms with E-state index in [1.807, 2.05) is 19.9 Å². The molecule has 1 heterocycles. The zero-order valence-electron chi connectivity index (χ0n) is 9.55. The van der Waals surface area contributed by atoms with Gasteiger partial charge in [0, 0.05) is 5.41 Å². The van der Waals surface area contributed by atoms with Crippen LogP contribution >= 0.6 is 0 Å². The monoisotopic (exact) mass is 194 g/mol. The van der Waals surface area contributed by atoms with Gasteiger partial charge >= 0.3 is 0 Å². The number of ether oxygens (including phenoxy) is 1. The fourth-order valence-electron chi connectivity index (χ4n) is 1.17. The number of rotatable bonds is 3. The van der Waals surface area contributed by atoms with Crippen LogP contribution in [0.15, 0.2) is 24.0 Å². The van der Waals surface area contributed by atoms with Crippen LogP contribution in [0.3, 0.4) is 0 Å². The van der Waals surface area contributed by atoms with Crippen molar-refractivity contribution in [3.05, 3.63) is 24.0 Å². The van der Waals surface area contributed by atoms with E-state index in [1.165, 1.54) is 0 Å². The van der Waals surface area contributed by atoms with E-state index < -0.39 is 0 Å². The summed E-state index contributed by atoms with van der Waals surface area (Å²) in [4.78, 5) is 10.8. The molecule has 78 valence electrons. The molecule has 0 bridgehead atoms. The normalized spacial score (nSPS) is 22.5. The van der Waals surface area contributed by atoms with E-state index in [0.29, 0.717) is 0 Å². The first kappa shape index (κ1) is 11.0. The van der Waals surface area contributed by atoms with Gasteiger partial charge in [0.15, 0.2) is 11.4 Å². The fourth-order valence-corrected chi connectivity index (χ4v) is 1.17. The maximum Gasteiger partial charge on any atom is 0.159 e. The number of allylic oxidation sites excluding steroid dienone is 3. The van der Waals surface area contributed by atoms with Crippen molar-refractivity contribution in [3.63, 3.8) is 0 Å². The van der Waals surface area contributed by atoms with Crippen molar-refractivity contribution in [1.29, 1.82) is 0 Å². The standard InChI is InChI=1S/C12H18O2/c1-9(13)6-7-11(2,3)8-10-12(4,5)14-10/h6-8H,1-5H3/b7-6+,10-8+. The Bertz CT molecular complexity index is 306. The number of ketones is 1. The van der Waals surface area contributed by atoms with Gasteiger partial charge in [-0.05, 0) is 32.9 Å². The van der Waals surface area contributed by atoms with Gasteiger partial charge in [0.05, 0.1) is 0 Å². The van der Waals surface area contributed by atoms with E-state index >= 15 is 0 Å². The van der Waals surface area contributed by atoms with Crippen molar-refractivity contribution < 1.29 is 9.53 Å². The summed E-state index contributed by atoms with van der Waals surface area (Å²) in [6.07, 6.45) is 5.57. The highest BCUT2D eigenvalue weighted by molar-refractivity contribution is 5.87. The molecule has 2 heteroatoms. The van der Waals surface area contributed by atoms with Gasteiger partial charge in [0.1, 0.15) is 5.76 Å². The Morgan fingerprint density at radius 1 is 1.43 bits per heavy atom. The molecule has 0 spiro atoms. The Kier molecular flexibility index (Phi) is 2.57. The minimum absolute atomic E-state index is 0.0763. The lowest BCUT2D eigenvalue weighted by atomic mass is 9.91. The second kappa shape index (κ2) is 3.26. The number of hydrogen-bond acceptors (Lipinski definition) is 2. The lowest BCUT2D eigenvalue weighted by molar-refractivity contribution is -0.112. The number of carbonyl (C=O) groups excluding carboxylic acids is 1. The molecule has 0 saturated carbocycles. The van der Waals surface area contributed by atoms with Gasteiger partial charge < -0.3 is 4.74 Å². The van der Waals surface area contributed by atoms with Crippen molar-refractivity contribution in [2.24, 2.45) is 5.41 Å². The smallest absolute Gasteiger partial charge is 0.159 e. The average Bonchev–Trinajstić information content (AvgIpc) is 2.54. The van der Waals surface area contributed by atoms with Crippen LogP contribution in [0, 0.1) is 5.41 Å². The average molecular weight is 194 g/mol. The van der Waals surface area contributed by atoms with E-state index in [-0.39, 0.29) is 16.8 Å². The van der Waals surface area contributed by atoms with E-state index in [1.54, 1.807) is 13.0 Å². The van der Waals surface area contributed by atoms with Crippen LogP contribution in [0.4, 0.5) is 0 Å². The first-order valence-corrected chi connectivity index (χ1v) is 4.85. The van der Waals surface area contributed by atoms with E-state index in [0.717, 1.165) is 5.76 Å². The molecular weight excluding hydrogens is 176 g/mol. The lowest BCUT2D eigenvalue weighted by Gasteiger charge is -2.12. The van der Waals surface area contributed by atoms with Crippen molar-refractivity contribution in [1.82, 2.24) is 0 Å². The molecule has 2 nitrogen and oxygen atoms in total. The second-order valence-electron chi connectivity index (χ2n) is 4.89. The highest BCUT2D eigenvalue weighted by Crippen LogP contribution is 2.42. The van der Waals surface area contributed by atoms with Crippen LogP contribution in [0.5, 0.6) is 0 Å². The summed E-state index contributed by atoms with van der Waals surface area (Å²) < 4.78 is 5.39. The topological polar surface area (TPSA) is 29.6 Å². The Balaban J connectivity index is 2.69. The summed E-state index contributed by atoms with van der Waals surface area (Å²) in [5.41, 5.74) is -0.212. The molecule has 1 aliphatic heterocycles. The van der Waals surface area contributed by atoms with Gasteiger partial charge in [0.2, 0.25) is 0 Å². The highest BCUT2D eigenvalue weighted by Gasteiger charge is 2.43. The van der Waals surface area contributed by atoms with Crippen LogP contribution in [0.25, 0.3) is 0 Å². The summed E-state index contributed by atoms with van der Waals surface area (Å²) in [5, 5.41) is 0. The molecule has 0 aromatic heterocycles. The van der Waals surface area contributed by atoms with Gasteiger partial charge in [-0.1, -0.05) is 19.9 Å². The molecule has 1 aliphatic rings. The first-order valence-electron chi connectivity index (χ1n) is 4.85. The Labute approximate surface area is 85.6 Å². The summed E-state index contributed by atoms with van der Waals surface area (Å²) in [6.45, 7) is 9.72. The molecule has 0 aromatic carbocycles. The molecular formula is C12H18O2. The van der Waals surface area contributed by atoms with Gasteiger partial charge in [-0.15, -0.1) is 0 Å². The van der Waals surface area contributed by atoms with E-state index in [2.05, 4.69) is 19.9 Å². The van der Waals surface area contributed by atoms with Crippen LogP contribution < -0.4 is 0 Å². The Hall–Kier alpha value is -1.05. The lowest BCUT2D eigenvalue weighted by Crippen LogP contribution is -2.04. The molecule has 1 saturated heterocycles. The molecule has 0 radical (unpaired) electrons. The summed E-state index contributed by atoms with van der Waals surface area (Å²) in [5.74, 6) is 1.09. The molecule has 0 N–H and O–H groups in total. The maximum absolute atomic E-state index is 10.8. The predicted molar refractivity (Wildman–Crippen MR) is 56.8 cm³/mol. The SMILES string of the molecule is CC(=O)/C=C/C(C)(C)/C=C1/OC1(C)C. The number of hydrogen-bond donors (Lipinski definition) is 0. The minimum Gasteiger partial charge on any atom is -0.480 e. The minimum atomic E-state index is -0.116. The molecule has 0 atom stereocenters. The largest absolute Gasteiger partial charge is 0.480 e. The van der Waals surface area contributed by atoms with Gasteiger partial charge in [-0.3, -0.25) is 4.79 Å². The highest BCUT2D eigenvalue weighted by atomic mass is 16.6. The van der Waals surface area contributed by atoms with Gasteiger partial charge in [-0.25, -0.2) is 0 Å². The maximum atomic E-state index is 10.8. The fraction of sp³-hybridized carbons (Fsp3) is 0.583. The van der Waals surface area contributed by atoms with Crippen molar-refractivity contribution >= 4 is 5.78 Å². The molecule has 1 fully saturated rings. The first-order chi connectivity index (χ1) is 6.23. The zero-order valence-corrected chi connectivity index (χ0v) is 9.55. The molecule has 0 unspecified atom stereocenters. The summed E-state index contributed by atoms with van der Waals surface area (Å²) >= 11 is 0. The Morgan fingerprint density at radius 2 is 1.93 bits per heavy atom. The molecule has 0 aromatic rings. The second-order valence-corrected chi connectivity index (χ2v) is 4.89. The van der Waals surface area contributed by atoms with Crippen LogP contribution in [-0.4, -0.2) is 11.4 Å². The Morgan fingerprint density at radius 3 is 2.29 bits per heavy atom. The van der Waals surface area contributed by atoms with Crippen LogP contribution in [0.1, 0.15) is 34.6 Å². The number of carbonyl (C=O) groups is 1. The van der Waals surface area contributed by atoms with Crippen molar-refractivity contribution in [2.75, 3.05) is 0 Å². The van der Waals surface area contributed by atoms with Crippen LogP contribution in [0.2, 0.25) is 0 Å². The molecule has 0 aliphatic carbocycles. The number of epoxide rings is 1. The van der Waals surface area contributed by atoms with E-state index in [9.17, 15) is 4.79 Å². The summed E-state index contributed by atoms with van der Waals surface area (Å²) in [7, 11) is 0. The van der Waals surface area contributed by atoms with Crippen molar-refractivity contribution in [3.8, 4) is 0 Å². The third kappa shape index (κ3) is 3.02. The third-order valence-corrected chi connectivity index (χ3v) is 2.17. The van der Waals surface area contributed by atoms with Crippen molar-refractivity contribution in [2.45, 2.75) is 40.2 Å². The predicted octanol–water partition coefficient (Wildman–Crippen LogP) is 2.85.